The van der Waals surface area contributed by atoms with E-state index in [0.29, 0.717) is 33.9 Å². The Hall–Kier alpha value is -2.98. The van der Waals surface area contributed by atoms with Gasteiger partial charge >= 0.3 is 6.36 Å². The van der Waals surface area contributed by atoms with Gasteiger partial charge in [-0.1, -0.05) is 0 Å². The van der Waals surface area contributed by atoms with Gasteiger partial charge in [0.25, 0.3) is 5.91 Å². The van der Waals surface area contributed by atoms with Crippen molar-refractivity contribution in [1.29, 1.82) is 0 Å². The van der Waals surface area contributed by atoms with E-state index < -0.39 is 39.6 Å². The molecule has 2 amide bonds. The van der Waals surface area contributed by atoms with Crippen LogP contribution in [0.5, 0.6) is 5.75 Å². The van der Waals surface area contributed by atoms with Gasteiger partial charge in [-0.25, -0.2) is 18.7 Å². The Labute approximate surface area is 254 Å². The Kier molecular flexibility index (Phi) is 9.46. The molecule has 2 aliphatic heterocycles. The summed E-state index contributed by atoms with van der Waals surface area (Å²) in [5, 5.41) is 3.46. The van der Waals surface area contributed by atoms with E-state index in [9.17, 15) is 31.2 Å². The van der Waals surface area contributed by atoms with Gasteiger partial charge in [-0.3, -0.25) is 9.59 Å². The Morgan fingerprint density at radius 2 is 1.88 bits per heavy atom. The lowest BCUT2D eigenvalue weighted by Crippen LogP contribution is -2.43. The zero-order valence-corrected chi connectivity index (χ0v) is 25.3. The van der Waals surface area contributed by atoms with Gasteiger partial charge in [0.2, 0.25) is 5.91 Å². The molecule has 2 fully saturated rings. The van der Waals surface area contributed by atoms with E-state index in [2.05, 4.69) is 10.2 Å². The Morgan fingerprint density at radius 3 is 2.56 bits per heavy atom. The largest absolute Gasteiger partial charge is 0.573 e. The summed E-state index contributed by atoms with van der Waals surface area (Å²) in [5.41, 5.74) is 3.37. The van der Waals surface area contributed by atoms with Gasteiger partial charge in [-0.05, 0) is 72.7 Å². The van der Waals surface area contributed by atoms with Crippen LogP contribution in [0, 0.1) is 0 Å². The van der Waals surface area contributed by atoms with Crippen LogP contribution in [0.3, 0.4) is 0 Å². The molecule has 1 unspecified atom stereocenters. The Morgan fingerprint density at radius 1 is 1.09 bits per heavy atom. The fourth-order valence-electron chi connectivity index (χ4n) is 5.13. The third kappa shape index (κ3) is 7.40. The van der Waals surface area contributed by atoms with Crippen LogP contribution in [-0.4, -0.2) is 63.2 Å². The molecule has 0 saturated carbocycles. The molecule has 2 saturated heterocycles. The first kappa shape index (κ1) is 31.4. The van der Waals surface area contributed by atoms with Crippen molar-refractivity contribution in [2.24, 2.45) is 0 Å². The van der Waals surface area contributed by atoms with Crippen LogP contribution >= 0.6 is 22.7 Å². The van der Waals surface area contributed by atoms with Crippen molar-refractivity contribution < 1.29 is 45.5 Å². The van der Waals surface area contributed by atoms with Crippen molar-refractivity contribution >= 4 is 44.3 Å². The monoisotopic (exact) mass is 658 g/mol. The van der Waals surface area contributed by atoms with Gasteiger partial charge in [-0.15, -0.1) is 24.5 Å². The number of thiophene rings is 2. The SMILES string of the molecule is O=C(C[C@]1(c2ccc(-c3ccc(OC(F)(F)F)cc3)s2)CCN(C(=O)c2ccsc2)CCS1(=O)=O)NOC1CCCCO1. The van der Waals surface area contributed by atoms with Crippen LogP contribution in [0.1, 0.15) is 47.3 Å². The lowest BCUT2D eigenvalue weighted by Gasteiger charge is -2.31. The molecule has 4 heterocycles. The third-order valence-electron chi connectivity index (χ3n) is 7.38. The first-order valence-electron chi connectivity index (χ1n) is 13.5. The molecule has 0 aliphatic carbocycles. The van der Waals surface area contributed by atoms with Gasteiger partial charge in [0.15, 0.2) is 16.1 Å². The standard InChI is InChI=1S/C28H29F3N2O7S3/c29-28(30,31)39-21-6-4-19(5-7-21)22-8-9-23(42-22)27(17-24(34)32-40-25-3-1-2-14-38-25)11-12-33(13-16-43(27,36)37)26(35)20-10-15-41-18-20/h4-10,15,18,25H,1-3,11-14,16-17H2,(H,32,34)/t25?,27-/m0/s1. The van der Waals surface area contributed by atoms with E-state index in [4.69, 9.17) is 9.57 Å². The van der Waals surface area contributed by atoms with Gasteiger partial charge < -0.3 is 14.4 Å². The number of amides is 2. The van der Waals surface area contributed by atoms with E-state index in [-0.39, 0.29) is 36.9 Å². The second-order valence-electron chi connectivity index (χ2n) is 10.2. The summed E-state index contributed by atoms with van der Waals surface area (Å²) in [7, 11) is -4.02. The van der Waals surface area contributed by atoms with Gasteiger partial charge in [0.1, 0.15) is 10.5 Å². The highest BCUT2D eigenvalue weighted by Gasteiger charge is 2.50. The van der Waals surface area contributed by atoms with E-state index in [1.165, 1.54) is 40.5 Å². The van der Waals surface area contributed by atoms with Crippen molar-refractivity contribution in [3.05, 3.63) is 63.7 Å². The quantitative estimate of drug-likeness (QED) is 0.319. The zero-order chi connectivity index (χ0) is 30.7. The van der Waals surface area contributed by atoms with Crippen molar-refractivity contribution in [3.8, 4) is 16.2 Å². The number of hydrogen-bond acceptors (Lipinski definition) is 9. The van der Waals surface area contributed by atoms with Crippen LogP contribution in [0.25, 0.3) is 10.4 Å². The molecule has 2 atom stereocenters. The highest BCUT2D eigenvalue weighted by Crippen LogP contribution is 2.45. The van der Waals surface area contributed by atoms with Gasteiger partial charge in [0, 0.05) is 41.3 Å². The molecule has 43 heavy (non-hydrogen) atoms. The summed E-state index contributed by atoms with van der Waals surface area (Å²) in [5.74, 6) is -1.69. The topological polar surface area (TPSA) is 111 Å². The molecule has 0 radical (unpaired) electrons. The molecule has 232 valence electrons. The molecule has 9 nitrogen and oxygen atoms in total. The number of nitrogens with zero attached hydrogens (tertiary/aromatic N) is 1. The smallest absolute Gasteiger partial charge is 0.406 e. The predicted molar refractivity (Wildman–Crippen MR) is 154 cm³/mol. The molecular formula is C28H29F3N2O7S3. The average molecular weight is 659 g/mol. The minimum atomic E-state index is -4.83. The summed E-state index contributed by atoms with van der Waals surface area (Å²) in [6.07, 6.45) is -3.62. The Balaban J connectivity index is 1.43. The molecule has 1 N–H and O–H groups in total. The maximum atomic E-state index is 14.0. The minimum Gasteiger partial charge on any atom is -0.406 e. The van der Waals surface area contributed by atoms with Crippen molar-refractivity contribution in [2.75, 3.05) is 25.4 Å². The van der Waals surface area contributed by atoms with Crippen molar-refractivity contribution in [3.63, 3.8) is 0 Å². The van der Waals surface area contributed by atoms with Crippen molar-refractivity contribution in [2.45, 2.75) is 49.5 Å². The number of rotatable bonds is 8. The minimum absolute atomic E-state index is 0.0360. The normalized spacial score (nSPS) is 22.5. The van der Waals surface area contributed by atoms with E-state index in [1.807, 2.05) is 0 Å². The fourth-order valence-corrected chi connectivity index (χ4v) is 9.37. The first-order chi connectivity index (χ1) is 20.5. The van der Waals surface area contributed by atoms with Crippen LogP contribution in [0.15, 0.2) is 53.2 Å². The van der Waals surface area contributed by atoms with E-state index >= 15 is 0 Å². The average Bonchev–Trinajstić information content (AvgIpc) is 3.66. The molecule has 1 aromatic carbocycles. The summed E-state index contributed by atoms with van der Waals surface area (Å²) < 4.78 is 73.6. The van der Waals surface area contributed by atoms with Crippen molar-refractivity contribution in [1.82, 2.24) is 10.4 Å². The summed E-state index contributed by atoms with van der Waals surface area (Å²) in [4.78, 5) is 34.2. The third-order valence-corrected chi connectivity index (χ3v) is 12.0. The number of nitrogens with one attached hydrogen (secondary N) is 1. The van der Waals surface area contributed by atoms with Crippen LogP contribution in [0.4, 0.5) is 13.2 Å². The number of alkyl halides is 3. The van der Waals surface area contributed by atoms with E-state index in [0.717, 1.165) is 24.2 Å². The summed E-state index contributed by atoms with van der Waals surface area (Å²) in [6.45, 7) is 0.546. The van der Waals surface area contributed by atoms with Crippen LogP contribution in [-0.2, 0) is 29.0 Å². The number of hydroxylamine groups is 1. The lowest BCUT2D eigenvalue weighted by atomic mass is 9.97. The number of halogens is 3. The number of carbonyl (C=O) groups excluding carboxylic acids is 2. The fraction of sp³-hybridized carbons (Fsp3) is 0.429. The second kappa shape index (κ2) is 12.9. The number of ether oxygens (including phenoxy) is 2. The number of hydrogen-bond donors (Lipinski definition) is 1. The number of carbonyl (C=O) groups is 2. The molecule has 3 aromatic rings. The van der Waals surface area contributed by atoms with E-state index in [1.54, 1.807) is 29.0 Å². The highest BCUT2D eigenvalue weighted by molar-refractivity contribution is 7.92. The molecule has 2 aliphatic rings. The summed E-state index contributed by atoms with van der Waals surface area (Å²) in [6, 6.07) is 10.2. The first-order valence-corrected chi connectivity index (χ1v) is 16.9. The number of benzene rings is 1. The maximum absolute atomic E-state index is 14.0. The molecule has 2 aromatic heterocycles. The highest BCUT2D eigenvalue weighted by atomic mass is 32.2. The number of sulfone groups is 1. The predicted octanol–water partition coefficient (Wildman–Crippen LogP) is 5.50. The van der Waals surface area contributed by atoms with Crippen LogP contribution in [0.2, 0.25) is 0 Å². The molecular weight excluding hydrogens is 630 g/mol. The Bertz CT molecular complexity index is 1520. The van der Waals surface area contributed by atoms with Gasteiger partial charge in [-0.2, -0.15) is 11.3 Å². The zero-order valence-electron chi connectivity index (χ0n) is 22.8. The molecule has 15 heteroatoms. The second-order valence-corrected chi connectivity index (χ2v) is 14.5. The lowest BCUT2D eigenvalue weighted by molar-refractivity contribution is -0.274. The maximum Gasteiger partial charge on any atom is 0.573 e. The van der Waals surface area contributed by atoms with Gasteiger partial charge in [0.05, 0.1) is 17.7 Å². The molecule has 5 rings (SSSR count). The molecule has 0 bridgehead atoms. The summed E-state index contributed by atoms with van der Waals surface area (Å²) >= 11 is 2.49. The van der Waals surface area contributed by atoms with Crippen LogP contribution < -0.4 is 10.2 Å². The molecule has 0 spiro atoms.